The summed E-state index contributed by atoms with van der Waals surface area (Å²) in [6.45, 7) is 7.33. The first kappa shape index (κ1) is 12.1. The molecule has 1 amide bonds. The third-order valence-electron chi connectivity index (χ3n) is 2.27. The maximum atomic E-state index is 11.4. The van der Waals surface area contributed by atoms with Crippen LogP contribution in [0.4, 0.5) is 0 Å². The van der Waals surface area contributed by atoms with Crippen LogP contribution in [0.3, 0.4) is 0 Å². The molecule has 1 heterocycles. The first-order valence-electron chi connectivity index (χ1n) is 4.93. The Balaban J connectivity index is 2.73. The van der Waals surface area contributed by atoms with Crippen LogP contribution in [0.25, 0.3) is 0 Å². The van der Waals surface area contributed by atoms with E-state index in [1.165, 1.54) is 0 Å². The van der Waals surface area contributed by atoms with Gasteiger partial charge in [-0.2, -0.15) is 0 Å². The second-order valence-electron chi connectivity index (χ2n) is 3.71. The Bertz CT molecular complexity index is 357. The van der Waals surface area contributed by atoms with Crippen molar-refractivity contribution in [3.8, 4) is 0 Å². The van der Waals surface area contributed by atoms with Crippen LogP contribution in [0.5, 0.6) is 0 Å². The summed E-state index contributed by atoms with van der Waals surface area (Å²) in [7, 11) is 0. The Kier molecular flexibility index (Phi) is 3.80. The largest absolute Gasteiger partial charge is 0.466 e. The van der Waals surface area contributed by atoms with E-state index in [9.17, 15) is 4.79 Å². The van der Waals surface area contributed by atoms with Gasteiger partial charge in [-0.25, -0.2) is 0 Å². The lowest BCUT2D eigenvalue weighted by molar-refractivity contribution is -0.121. The van der Waals surface area contributed by atoms with Gasteiger partial charge in [-0.15, -0.1) is 11.6 Å². The number of alkyl halides is 1. The van der Waals surface area contributed by atoms with Gasteiger partial charge in [-0.1, -0.05) is 0 Å². The summed E-state index contributed by atoms with van der Waals surface area (Å²) < 4.78 is 5.39. The van der Waals surface area contributed by atoms with Crippen LogP contribution in [0.2, 0.25) is 0 Å². The summed E-state index contributed by atoms with van der Waals surface area (Å²) in [4.78, 5) is 11.4. The van der Waals surface area contributed by atoms with E-state index in [2.05, 4.69) is 5.32 Å². The Morgan fingerprint density at radius 2 is 2.07 bits per heavy atom. The van der Waals surface area contributed by atoms with Crippen LogP contribution < -0.4 is 5.32 Å². The second-order valence-corrected chi connectivity index (χ2v) is 4.37. The normalized spacial score (nSPS) is 14.7. The van der Waals surface area contributed by atoms with Gasteiger partial charge in [0, 0.05) is 5.56 Å². The summed E-state index contributed by atoms with van der Waals surface area (Å²) in [5.74, 6) is 1.52. The van der Waals surface area contributed by atoms with Crippen molar-refractivity contribution in [1.29, 1.82) is 0 Å². The third-order valence-corrected chi connectivity index (χ3v) is 2.46. The van der Waals surface area contributed by atoms with Crippen molar-refractivity contribution >= 4 is 17.5 Å². The van der Waals surface area contributed by atoms with Crippen LogP contribution >= 0.6 is 11.6 Å². The highest BCUT2D eigenvalue weighted by molar-refractivity contribution is 6.30. The molecule has 0 aliphatic heterocycles. The molecule has 0 fully saturated rings. The Hall–Kier alpha value is -0.960. The number of nitrogens with one attached hydrogen (secondary N) is 1. The molecule has 4 heteroatoms. The molecule has 2 unspecified atom stereocenters. The highest BCUT2D eigenvalue weighted by atomic mass is 35.5. The van der Waals surface area contributed by atoms with Gasteiger partial charge in [-0.3, -0.25) is 4.79 Å². The molecule has 0 radical (unpaired) electrons. The molecule has 1 N–H and O–H groups in total. The Morgan fingerprint density at radius 1 is 1.47 bits per heavy atom. The molecule has 0 aromatic carbocycles. The summed E-state index contributed by atoms with van der Waals surface area (Å²) >= 11 is 5.67. The minimum absolute atomic E-state index is 0.0730. The van der Waals surface area contributed by atoms with Crippen molar-refractivity contribution in [2.75, 3.05) is 0 Å². The standard InChI is InChI=1S/C11H16ClNO2/c1-6-5-10(9(4)15-6)8(3)13-11(14)7(2)12/h5,7-8H,1-4H3,(H,13,14). The van der Waals surface area contributed by atoms with E-state index in [4.69, 9.17) is 16.0 Å². The SMILES string of the molecule is Cc1cc(C(C)NC(=O)C(C)Cl)c(C)o1. The average Bonchev–Trinajstić information content (AvgIpc) is 2.44. The minimum Gasteiger partial charge on any atom is -0.466 e. The highest BCUT2D eigenvalue weighted by Gasteiger charge is 2.17. The zero-order valence-electron chi connectivity index (χ0n) is 9.43. The van der Waals surface area contributed by atoms with E-state index in [-0.39, 0.29) is 11.9 Å². The molecule has 0 spiro atoms. The fourth-order valence-electron chi connectivity index (χ4n) is 1.49. The summed E-state index contributed by atoms with van der Waals surface area (Å²) in [5.41, 5.74) is 0.998. The fraction of sp³-hybridized carbons (Fsp3) is 0.545. The van der Waals surface area contributed by atoms with E-state index in [0.717, 1.165) is 17.1 Å². The van der Waals surface area contributed by atoms with Crippen LogP contribution in [0, 0.1) is 13.8 Å². The average molecular weight is 230 g/mol. The molecule has 0 aliphatic rings. The van der Waals surface area contributed by atoms with Gasteiger partial charge in [0.1, 0.15) is 16.9 Å². The minimum atomic E-state index is -0.513. The number of amides is 1. The number of furan rings is 1. The molecule has 1 rings (SSSR count). The maximum Gasteiger partial charge on any atom is 0.238 e. The molecule has 0 saturated heterocycles. The predicted molar refractivity (Wildman–Crippen MR) is 60.1 cm³/mol. The molecule has 2 atom stereocenters. The van der Waals surface area contributed by atoms with Crippen molar-refractivity contribution in [3.63, 3.8) is 0 Å². The topological polar surface area (TPSA) is 42.2 Å². The number of hydrogen-bond acceptors (Lipinski definition) is 2. The summed E-state index contributed by atoms with van der Waals surface area (Å²) in [6, 6.07) is 1.86. The van der Waals surface area contributed by atoms with Crippen LogP contribution in [-0.4, -0.2) is 11.3 Å². The lowest BCUT2D eigenvalue weighted by Crippen LogP contribution is -2.32. The second kappa shape index (κ2) is 4.71. The van der Waals surface area contributed by atoms with Gasteiger partial charge in [0.05, 0.1) is 6.04 Å². The number of rotatable bonds is 3. The smallest absolute Gasteiger partial charge is 0.238 e. The number of carbonyl (C=O) groups excluding carboxylic acids is 1. The number of hydrogen-bond donors (Lipinski definition) is 1. The molecular formula is C11H16ClNO2. The van der Waals surface area contributed by atoms with Crippen molar-refractivity contribution in [1.82, 2.24) is 5.32 Å². The van der Waals surface area contributed by atoms with Gasteiger partial charge < -0.3 is 9.73 Å². The van der Waals surface area contributed by atoms with E-state index < -0.39 is 5.38 Å². The molecule has 15 heavy (non-hydrogen) atoms. The Labute approximate surface area is 94.8 Å². The molecule has 84 valence electrons. The quantitative estimate of drug-likeness (QED) is 0.810. The van der Waals surface area contributed by atoms with Gasteiger partial charge in [-0.05, 0) is 33.8 Å². The molecule has 1 aromatic rings. The summed E-state index contributed by atoms with van der Waals surface area (Å²) in [5, 5.41) is 2.31. The molecule has 3 nitrogen and oxygen atoms in total. The van der Waals surface area contributed by atoms with Crippen LogP contribution in [0.1, 0.15) is 37.0 Å². The van der Waals surface area contributed by atoms with E-state index in [0.29, 0.717) is 0 Å². The molecule has 0 bridgehead atoms. The van der Waals surface area contributed by atoms with Crippen molar-refractivity contribution < 1.29 is 9.21 Å². The predicted octanol–water partition coefficient (Wildman–Crippen LogP) is 2.70. The zero-order valence-corrected chi connectivity index (χ0v) is 10.2. The number of carbonyl (C=O) groups is 1. The van der Waals surface area contributed by atoms with Crippen molar-refractivity contribution in [2.45, 2.75) is 39.1 Å². The Morgan fingerprint density at radius 3 is 2.47 bits per heavy atom. The van der Waals surface area contributed by atoms with Gasteiger partial charge in [0.15, 0.2) is 0 Å². The lowest BCUT2D eigenvalue weighted by Gasteiger charge is -2.13. The van der Waals surface area contributed by atoms with E-state index >= 15 is 0 Å². The molecule has 0 aliphatic carbocycles. The molecule has 1 aromatic heterocycles. The van der Waals surface area contributed by atoms with Crippen LogP contribution in [0.15, 0.2) is 10.5 Å². The third kappa shape index (κ3) is 2.99. The fourth-order valence-corrected chi connectivity index (χ4v) is 1.55. The van der Waals surface area contributed by atoms with E-state index in [1.54, 1.807) is 6.92 Å². The maximum absolute atomic E-state index is 11.4. The van der Waals surface area contributed by atoms with E-state index in [1.807, 2.05) is 26.8 Å². The summed E-state index contributed by atoms with van der Waals surface area (Å²) in [6.07, 6.45) is 0. The van der Waals surface area contributed by atoms with Crippen LogP contribution in [-0.2, 0) is 4.79 Å². The number of halogens is 1. The first-order valence-corrected chi connectivity index (χ1v) is 5.37. The van der Waals surface area contributed by atoms with Crippen molar-refractivity contribution in [2.24, 2.45) is 0 Å². The van der Waals surface area contributed by atoms with Gasteiger partial charge in [0.25, 0.3) is 0 Å². The zero-order chi connectivity index (χ0) is 11.6. The lowest BCUT2D eigenvalue weighted by atomic mass is 10.1. The van der Waals surface area contributed by atoms with Gasteiger partial charge in [0.2, 0.25) is 5.91 Å². The number of aryl methyl sites for hydroxylation is 2. The highest BCUT2D eigenvalue weighted by Crippen LogP contribution is 2.21. The van der Waals surface area contributed by atoms with Crippen molar-refractivity contribution in [3.05, 3.63) is 23.2 Å². The molecular weight excluding hydrogens is 214 g/mol. The first-order chi connectivity index (χ1) is 6.91. The van der Waals surface area contributed by atoms with Gasteiger partial charge >= 0.3 is 0 Å². The monoisotopic (exact) mass is 229 g/mol. The molecule has 0 saturated carbocycles.